The molecule has 0 fully saturated rings. The van der Waals surface area contributed by atoms with E-state index in [2.05, 4.69) is 22.6 Å². The van der Waals surface area contributed by atoms with Crippen LogP contribution >= 0.6 is 0 Å². The summed E-state index contributed by atoms with van der Waals surface area (Å²) < 4.78 is 13.5. The number of carbonyl (C=O) groups excluding carboxylic acids is 1. The van der Waals surface area contributed by atoms with Gasteiger partial charge in [0.1, 0.15) is 18.5 Å². The second-order valence-electron chi connectivity index (χ2n) is 7.80. The lowest BCUT2D eigenvalue weighted by molar-refractivity contribution is 0.0909. The van der Waals surface area contributed by atoms with E-state index in [0.29, 0.717) is 43.0 Å². The molecule has 5 rings (SSSR count). The second-order valence-corrected chi connectivity index (χ2v) is 7.80. The predicted octanol–water partition coefficient (Wildman–Crippen LogP) is 2.88. The first-order chi connectivity index (χ1) is 15.6. The van der Waals surface area contributed by atoms with Gasteiger partial charge in [0, 0.05) is 24.6 Å². The summed E-state index contributed by atoms with van der Waals surface area (Å²) in [5, 5.41) is 25.8. The number of ether oxygens (including phenoxy) is 2. The van der Waals surface area contributed by atoms with E-state index >= 15 is 0 Å². The summed E-state index contributed by atoms with van der Waals surface area (Å²) in [6.07, 6.45) is 0.972. The number of carbonyl (C=O) groups is 1. The van der Waals surface area contributed by atoms with Crippen LogP contribution in [-0.4, -0.2) is 28.3 Å². The molecule has 8 nitrogen and oxygen atoms in total. The van der Waals surface area contributed by atoms with Crippen LogP contribution in [0.25, 0.3) is 0 Å². The van der Waals surface area contributed by atoms with Gasteiger partial charge in [0.15, 0.2) is 5.69 Å². The van der Waals surface area contributed by atoms with E-state index in [9.17, 15) is 10.1 Å². The Morgan fingerprint density at radius 2 is 2.03 bits per heavy atom. The lowest BCUT2D eigenvalue weighted by Gasteiger charge is -2.25. The zero-order chi connectivity index (χ0) is 22.1. The van der Waals surface area contributed by atoms with Gasteiger partial charge in [-0.1, -0.05) is 18.2 Å². The van der Waals surface area contributed by atoms with Crippen LogP contribution in [0.1, 0.15) is 45.3 Å². The molecule has 1 N–H and O–H groups in total. The van der Waals surface area contributed by atoms with Gasteiger partial charge >= 0.3 is 0 Å². The number of hydrogen-bond donors (Lipinski definition) is 1. The lowest BCUT2D eigenvalue weighted by atomic mass is 10.0. The zero-order valence-corrected chi connectivity index (χ0v) is 17.1. The highest BCUT2D eigenvalue weighted by Crippen LogP contribution is 2.32. The molecule has 2 aliphatic heterocycles. The Hall–Kier alpha value is -4.30. The number of aromatic nitrogens is 2. The minimum Gasteiger partial charge on any atom is -0.491 e. The van der Waals surface area contributed by atoms with Crippen molar-refractivity contribution < 1.29 is 14.3 Å². The molecule has 2 aromatic carbocycles. The van der Waals surface area contributed by atoms with Crippen molar-refractivity contribution in [3.63, 3.8) is 0 Å². The fourth-order valence-corrected chi connectivity index (χ4v) is 4.12. The van der Waals surface area contributed by atoms with Crippen molar-refractivity contribution >= 4 is 5.91 Å². The van der Waals surface area contributed by atoms with Crippen LogP contribution in [-0.2, 0) is 13.0 Å². The number of aryl methyl sites for hydroxylation is 1. The fourth-order valence-electron chi connectivity index (χ4n) is 4.12. The van der Waals surface area contributed by atoms with Crippen LogP contribution in [0.2, 0.25) is 0 Å². The molecule has 2 aliphatic rings. The summed E-state index contributed by atoms with van der Waals surface area (Å²) in [5.41, 5.74) is 3.15. The molecule has 3 aromatic rings. The topological polar surface area (TPSA) is 113 Å². The van der Waals surface area contributed by atoms with Crippen LogP contribution in [0.15, 0.2) is 48.5 Å². The van der Waals surface area contributed by atoms with Crippen LogP contribution in [0.3, 0.4) is 0 Å². The van der Waals surface area contributed by atoms with E-state index in [0.717, 1.165) is 16.9 Å². The maximum Gasteiger partial charge on any atom is 0.272 e. The number of nitriles is 2. The maximum atomic E-state index is 12.8. The number of hydrogen-bond acceptors (Lipinski definition) is 6. The van der Waals surface area contributed by atoms with E-state index < -0.39 is 0 Å². The number of benzene rings is 2. The van der Waals surface area contributed by atoms with Gasteiger partial charge in [-0.2, -0.15) is 15.6 Å². The van der Waals surface area contributed by atoms with E-state index in [4.69, 9.17) is 14.7 Å². The van der Waals surface area contributed by atoms with Crippen molar-refractivity contribution in [3.8, 4) is 23.8 Å². The molecule has 1 amide bonds. The molecular formula is C24H19N5O3. The van der Waals surface area contributed by atoms with Crippen molar-refractivity contribution in [3.05, 3.63) is 76.5 Å². The average Bonchev–Trinajstić information content (AvgIpc) is 3.27. The van der Waals surface area contributed by atoms with E-state index in [1.807, 2.05) is 18.2 Å². The Kier molecular flexibility index (Phi) is 4.97. The first-order valence-electron chi connectivity index (χ1n) is 10.3. The molecule has 8 heteroatoms. The van der Waals surface area contributed by atoms with Crippen LogP contribution in [0.5, 0.6) is 11.6 Å². The highest BCUT2D eigenvalue weighted by molar-refractivity contribution is 5.92. The third kappa shape index (κ3) is 3.63. The quantitative estimate of drug-likeness (QED) is 0.690. The first-order valence-corrected chi connectivity index (χ1v) is 10.3. The Morgan fingerprint density at radius 1 is 1.16 bits per heavy atom. The maximum absolute atomic E-state index is 12.8. The number of rotatable bonds is 3. The van der Waals surface area contributed by atoms with Crippen molar-refractivity contribution in [2.24, 2.45) is 0 Å². The van der Waals surface area contributed by atoms with Crippen molar-refractivity contribution in [1.29, 1.82) is 10.5 Å². The molecule has 158 valence electrons. The van der Waals surface area contributed by atoms with Crippen molar-refractivity contribution in [2.75, 3.05) is 6.61 Å². The highest BCUT2D eigenvalue weighted by atomic mass is 16.5. The number of nitrogens with zero attached hydrogens (tertiary/aromatic N) is 4. The summed E-state index contributed by atoms with van der Waals surface area (Å²) in [4.78, 5) is 12.8. The number of nitrogens with one attached hydrogen (secondary N) is 1. The summed E-state index contributed by atoms with van der Waals surface area (Å²) in [5.74, 6) is 0.935. The average molecular weight is 425 g/mol. The second kappa shape index (κ2) is 8.09. The van der Waals surface area contributed by atoms with Gasteiger partial charge < -0.3 is 14.8 Å². The van der Waals surface area contributed by atoms with E-state index in [1.54, 1.807) is 35.0 Å². The minimum absolute atomic E-state index is 0.223. The smallest absolute Gasteiger partial charge is 0.272 e. The molecule has 2 unspecified atom stereocenters. The molecule has 0 saturated heterocycles. The van der Waals surface area contributed by atoms with Crippen LogP contribution in [0, 0.1) is 22.7 Å². The Bertz CT molecular complexity index is 1280. The van der Waals surface area contributed by atoms with E-state index in [1.165, 1.54) is 0 Å². The Balaban J connectivity index is 1.28. The summed E-state index contributed by atoms with van der Waals surface area (Å²) in [6, 6.07) is 18.4. The highest BCUT2D eigenvalue weighted by Gasteiger charge is 2.28. The zero-order valence-electron chi connectivity index (χ0n) is 17.1. The van der Waals surface area contributed by atoms with Gasteiger partial charge in [-0.3, -0.25) is 4.79 Å². The third-order valence-corrected chi connectivity index (χ3v) is 5.70. The van der Waals surface area contributed by atoms with E-state index in [-0.39, 0.29) is 23.7 Å². The summed E-state index contributed by atoms with van der Waals surface area (Å²) >= 11 is 0. The van der Waals surface area contributed by atoms with Gasteiger partial charge in [-0.05, 0) is 36.2 Å². The fraction of sp³-hybridized carbons (Fsp3) is 0.250. The van der Waals surface area contributed by atoms with Gasteiger partial charge in [0.25, 0.3) is 5.91 Å². The van der Waals surface area contributed by atoms with Gasteiger partial charge in [0.2, 0.25) is 5.88 Å². The molecule has 0 bridgehead atoms. The lowest BCUT2D eigenvalue weighted by Crippen LogP contribution is -2.42. The van der Waals surface area contributed by atoms with Gasteiger partial charge in [0.05, 0.1) is 29.3 Å². The predicted molar refractivity (Wildman–Crippen MR) is 113 cm³/mol. The normalized spacial score (nSPS) is 18.7. The first kappa shape index (κ1) is 19.7. The van der Waals surface area contributed by atoms with Gasteiger partial charge in [-0.25, -0.2) is 4.68 Å². The van der Waals surface area contributed by atoms with Gasteiger partial charge in [-0.15, -0.1) is 0 Å². The summed E-state index contributed by atoms with van der Waals surface area (Å²) in [6.45, 7) is 0.936. The standard InChI is InChI=1S/C24H19N5O3/c25-12-15-5-6-21-17(9-15)10-18(14-31-21)27-24(30)20-11-23-29(28-20)8-7-22(32-23)19-4-2-1-3-16(19)13-26/h1-6,9,11,18,22H,7-8,10,14H2,(H,27,30). The molecule has 0 radical (unpaired) electrons. The SMILES string of the molecule is N#Cc1ccc2c(c1)CC(NC(=O)c1cc3n(n1)CCC(c1ccccc1C#N)O3)CO2. The molecular weight excluding hydrogens is 406 g/mol. The molecule has 0 spiro atoms. The monoisotopic (exact) mass is 425 g/mol. The third-order valence-electron chi connectivity index (χ3n) is 5.70. The Labute approximate surface area is 184 Å². The molecule has 1 aromatic heterocycles. The Morgan fingerprint density at radius 3 is 2.88 bits per heavy atom. The summed E-state index contributed by atoms with van der Waals surface area (Å²) in [7, 11) is 0. The largest absolute Gasteiger partial charge is 0.491 e. The molecule has 3 heterocycles. The van der Waals surface area contributed by atoms with Crippen LogP contribution < -0.4 is 14.8 Å². The van der Waals surface area contributed by atoms with Crippen molar-refractivity contribution in [1.82, 2.24) is 15.1 Å². The number of fused-ring (bicyclic) bond motifs is 2. The minimum atomic E-state index is -0.307. The molecule has 0 saturated carbocycles. The molecule has 0 aliphatic carbocycles. The molecule has 2 atom stereocenters. The molecule has 32 heavy (non-hydrogen) atoms. The van der Waals surface area contributed by atoms with Crippen molar-refractivity contribution in [2.45, 2.75) is 31.5 Å². The van der Waals surface area contributed by atoms with Crippen LogP contribution in [0.4, 0.5) is 0 Å². The number of amides is 1.